The van der Waals surface area contributed by atoms with Gasteiger partial charge in [0.15, 0.2) is 5.83 Å². The molecule has 84 valence electrons. The SMILES string of the molecule is C=C/C(F)=C(\C)Oc1ccc(C(N)=O)nc1. The molecule has 0 radical (unpaired) electrons. The van der Waals surface area contributed by atoms with E-state index in [0.29, 0.717) is 5.75 Å². The Balaban J connectivity index is 2.84. The Morgan fingerprint density at radius 1 is 1.62 bits per heavy atom. The van der Waals surface area contributed by atoms with Crippen molar-refractivity contribution in [3.05, 3.63) is 48.3 Å². The van der Waals surface area contributed by atoms with Crippen molar-refractivity contribution < 1.29 is 13.9 Å². The Labute approximate surface area is 92.2 Å². The Bertz CT molecular complexity index is 438. The number of halogens is 1. The Kier molecular flexibility index (Phi) is 3.77. The smallest absolute Gasteiger partial charge is 0.267 e. The molecule has 2 N–H and O–H groups in total. The first-order valence-corrected chi connectivity index (χ1v) is 4.47. The lowest BCUT2D eigenvalue weighted by atomic mass is 10.3. The van der Waals surface area contributed by atoms with Gasteiger partial charge in [0.1, 0.15) is 17.2 Å². The van der Waals surface area contributed by atoms with Crippen LogP contribution < -0.4 is 10.5 Å². The molecule has 0 spiro atoms. The highest BCUT2D eigenvalue weighted by atomic mass is 19.1. The maximum atomic E-state index is 13.0. The number of nitrogens with zero attached hydrogens (tertiary/aromatic N) is 1. The first-order chi connectivity index (χ1) is 7.54. The Morgan fingerprint density at radius 2 is 2.31 bits per heavy atom. The zero-order valence-corrected chi connectivity index (χ0v) is 8.74. The molecule has 5 heteroatoms. The van der Waals surface area contributed by atoms with Crippen LogP contribution in [-0.4, -0.2) is 10.9 Å². The highest BCUT2D eigenvalue weighted by Gasteiger charge is 2.04. The molecule has 0 bridgehead atoms. The molecule has 1 heterocycles. The van der Waals surface area contributed by atoms with Crippen LogP contribution in [0.2, 0.25) is 0 Å². The fourth-order valence-electron chi connectivity index (χ4n) is 0.956. The number of rotatable bonds is 4. The molecule has 4 nitrogen and oxygen atoms in total. The van der Waals surface area contributed by atoms with E-state index < -0.39 is 11.7 Å². The lowest BCUT2D eigenvalue weighted by molar-refractivity contribution is 0.0995. The minimum atomic E-state index is -0.629. The molecule has 1 rings (SSSR count). The van der Waals surface area contributed by atoms with Crippen molar-refractivity contribution in [2.45, 2.75) is 6.92 Å². The van der Waals surface area contributed by atoms with Crippen LogP contribution in [0.4, 0.5) is 4.39 Å². The van der Waals surface area contributed by atoms with Gasteiger partial charge in [-0.1, -0.05) is 6.58 Å². The quantitative estimate of drug-likeness (QED) is 0.625. The fraction of sp³-hybridized carbons (Fsp3) is 0.0909. The van der Waals surface area contributed by atoms with Crippen LogP contribution in [0.15, 0.2) is 42.6 Å². The molecule has 0 saturated heterocycles. The summed E-state index contributed by atoms with van der Waals surface area (Å²) in [6.07, 6.45) is 2.33. The number of ether oxygens (including phenoxy) is 1. The summed E-state index contributed by atoms with van der Waals surface area (Å²) < 4.78 is 18.1. The van der Waals surface area contributed by atoms with E-state index >= 15 is 0 Å². The summed E-state index contributed by atoms with van der Waals surface area (Å²) in [5.74, 6) is -0.793. The van der Waals surface area contributed by atoms with Gasteiger partial charge < -0.3 is 10.5 Å². The molecule has 0 saturated carbocycles. The molecule has 0 aromatic carbocycles. The molecular weight excluding hydrogens is 211 g/mol. The number of hydrogen-bond donors (Lipinski definition) is 1. The zero-order chi connectivity index (χ0) is 12.1. The van der Waals surface area contributed by atoms with Crippen molar-refractivity contribution in [3.63, 3.8) is 0 Å². The summed E-state index contributed by atoms with van der Waals surface area (Å²) in [6.45, 7) is 4.73. The molecule has 1 aromatic heterocycles. The molecule has 0 aliphatic heterocycles. The standard InChI is InChI=1S/C11H11FN2O2/c1-3-9(12)7(2)16-8-4-5-10(11(13)15)14-6-8/h3-6H,1H2,2H3,(H2,13,15)/b9-7-. The number of nitrogens with two attached hydrogens (primary N) is 1. The third-order valence-corrected chi connectivity index (χ3v) is 1.78. The van der Waals surface area contributed by atoms with Crippen molar-refractivity contribution >= 4 is 5.91 Å². The van der Waals surface area contributed by atoms with Gasteiger partial charge >= 0.3 is 0 Å². The van der Waals surface area contributed by atoms with Crippen LogP contribution in [0.25, 0.3) is 0 Å². The lowest BCUT2D eigenvalue weighted by Crippen LogP contribution is -2.12. The van der Waals surface area contributed by atoms with Gasteiger partial charge in [-0.15, -0.1) is 0 Å². The van der Waals surface area contributed by atoms with Crippen molar-refractivity contribution in [2.24, 2.45) is 5.73 Å². The molecule has 0 fully saturated rings. The average Bonchev–Trinajstić information content (AvgIpc) is 2.28. The molecule has 1 aromatic rings. The molecule has 0 unspecified atom stereocenters. The van der Waals surface area contributed by atoms with Gasteiger partial charge in [0.05, 0.1) is 6.20 Å². The van der Waals surface area contributed by atoms with Crippen LogP contribution in [0, 0.1) is 0 Å². The summed E-state index contributed by atoms with van der Waals surface area (Å²) in [7, 11) is 0. The highest BCUT2D eigenvalue weighted by Crippen LogP contribution is 2.15. The number of allylic oxidation sites excluding steroid dienone is 3. The van der Waals surface area contributed by atoms with Crippen LogP contribution in [0.5, 0.6) is 5.75 Å². The first kappa shape index (κ1) is 11.9. The number of pyridine rings is 1. The number of carbonyl (C=O) groups excluding carboxylic acids is 1. The van der Waals surface area contributed by atoms with E-state index in [1.807, 2.05) is 0 Å². The van der Waals surface area contributed by atoms with Gasteiger partial charge in [-0.2, -0.15) is 0 Å². The number of primary amides is 1. The lowest BCUT2D eigenvalue weighted by Gasteiger charge is -2.05. The Hall–Kier alpha value is -2.17. The van der Waals surface area contributed by atoms with Crippen molar-refractivity contribution in [3.8, 4) is 5.75 Å². The van der Waals surface area contributed by atoms with E-state index in [1.54, 1.807) is 0 Å². The summed E-state index contributed by atoms with van der Waals surface area (Å²) in [5, 5.41) is 0. The van der Waals surface area contributed by atoms with Crippen LogP contribution >= 0.6 is 0 Å². The third kappa shape index (κ3) is 2.91. The summed E-state index contributed by atoms with van der Waals surface area (Å²) in [4.78, 5) is 14.5. The summed E-state index contributed by atoms with van der Waals surface area (Å²) in [5.41, 5.74) is 5.13. The van der Waals surface area contributed by atoms with E-state index in [0.717, 1.165) is 6.08 Å². The monoisotopic (exact) mass is 222 g/mol. The Morgan fingerprint density at radius 3 is 2.75 bits per heavy atom. The van der Waals surface area contributed by atoms with Crippen molar-refractivity contribution in [2.75, 3.05) is 0 Å². The van der Waals surface area contributed by atoms with Crippen molar-refractivity contribution in [1.82, 2.24) is 4.98 Å². The topological polar surface area (TPSA) is 65.2 Å². The second kappa shape index (κ2) is 5.06. The maximum absolute atomic E-state index is 13.0. The minimum absolute atomic E-state index is 0.0728. The predicted octanol–water partition coefficient (Wildman–Crippen LogP) is 1.95. The van der Waals surface area contributed by atoms with E-state index in [2.05, 4.69) is 11.6 Å². The minimum Gasteiger partial charge on any atom is -0.457 e. The van der Waals surface area contributed by atoms with Gasteiger partial charge in [0, 0.05) is 0 Å². The van der Waals surface area contributed by atoms with Gasteiger partial charge in [-0.25, -0.2) is 9.37 Å². The molecule has 1 amide bonds. The van der Waals surface area contributed by atoms with Crippen molar-refractivity contribution in [1.29, 1.82) is 0 Å². The van der Waals surface area contributed by atoms with E-state index in [4.69, 9.17) is 10.5 Å². The first-order valence-electron chi connectivity index (χ1n) is 4.47. The van der Waals surface area contributed by atoms with Gasteiger partial charge in [0.2, 0.25) is 0 Å². The van der Waals surface area contributed by atoms with E-state index in [9.17, 15) is 9.18 Å². The molecular formula is C11H11FN2O2. The number of aromatic nitrogens is 1. The molecule has 16 heavy (non-hydrogen) atoms. The van der Waals surface area contributed by atoms with E-state index in [1.165, 1.54) is 25.3 Å². The number of amides is 1. The zero-order valence-electron chi connectivity index (χ0n) is 8.74. The van der Waals surface area contributed by atoms with Gasteiger partial charge in [-0.3, -0.25) is 4.79 Å². The van der Waals surface area contributed by atoms with E-state index in [-0.39, 0.29) is 11.5 Å². The average molecular weight is 222 g/mol. The van der Waals surface area contributed by atoms with Gasteiger partial charge in [0.25, 0.3) is 5.91 Å². The summed E-state index contributed by atoms with van der Waals surface area (Å²) >= 11 is 0. The summed E-state index contributed by atoms with van der Waals surface area (Å²) in [6, 6.07) is 2.88. The second-order valence-corrected chi connectivity index (χ2v) is 2.95. The van der Waals surface area contributed by atoms with Gasteiger partial charge in [-0.05, 0) is 25.1 Å². The highest BCUT2D eigenvalue weighted by molar-refractivity contribution is 5.90. The third-order valence-electron chi connectivity index (χ3n) is 1.78. The number of carbonyl (C=O) groups is 1. The largest absolute Gasteiger partial charge is 0.457 e. The molecule has 0 aliphatic carbocycles. The predicted molar refractivity (Wildman–Crippen MR) is 57.4 cm³/mol. The van der Waals surface area contributed by atoms with Crippen LogP contribution in [-0.2, 0) is 0 Å². The maximum Gasteiger partial charge on any atom is 0.267 e. The normalized spacial score (nSPS) is 11.6. The molecule has 0 atom stereocenters. The second-order valence-electron chi connectivity index (χ2n) is 2.95. The van der Waals surface area contributed by atoms with Crippen LogP contribution in [0.3, 0.4) is 0 Å². The molecule has 0 aliphatic rings. The fourth-order valence-corrected chi connectivity index (χ4v) is 0.956. The number of hydrogen-bond acceptors (Lipinski definition) is 3. The van der Waals surface area contributed by atoms with Crippen LogP contribution in [0.1, 0.15) is 17.4 Å².